The number of carbonyl (C=O) groups excluding carboxylic acids is 1. The molecule has 0 atom stereocenters. The molecule has 1 aromatic heterocycles. The molecule has 1 heterocycles. The van der Waals surface area contributed by atoms with Gasteiger partial charge in [0.05, 0.1) is 12.9 Å². The second-order valence-electron chi connectivity index (χ2n) is 3.97. The van der Waals surface area contributed by atoms with Gasteiger partial charge in [0.25, 0.3) is 0 Å². The lowest BCUT2D eigenvalue weighted by atomic mass is 9.85. The molecule has 0 unspecified atom stereocenters. The Morgan fingerprint density at radius 1 is 1.67 bits per heavy atom. The first-order valence-electron chi connectivity index (χ1n) is 5.48. The Morgan fingerprint density at radius 3 is 3.07 bits per heavy atom. The van der Waals surface area contributed by atoms with Crippen LogP contribution in [-0.4, -0.2) is 22.1 Å². The second-order valence-corrected chi connectivity index (χ2v) is 3.97. The van der Waals surface area contributed by atoms with Crippen molar-refractivity contribution in [2.24, 2.45) is 5.92 Å². The van der Waals surface area contributed by atoms with Crippen LogP contribution in [0, 0.1) is 5.92 Å². The normalized spacial score (nSPS) is 16.1. The fraction of sp³-hybridized carbons (Fsp3) is 0.636. The van der Waals surface area contributed by atoms with Gasteiger partial charge in [-0.25, -0.2) is 9.78 Å². The summed E-state index contributed by atoms with van der Waals surface area (Å²) in [6.45, 7) is 3.17. The van der Waals surface area contributed by atoms with Gasteiger partial charge in [-0.1, -0.05) is 6.42 Å². The quantitative estimate of drug-likeness (QED) is 0.709. The van der Waals surface area contributed by atoms with Crippen LogP contribution in [0.2, 0.25) is 0 Å². The van der Waals surface area contributed by atoms with E-state index in [1.807, 2.05) is 4.57 Å². The summed E-state index contributed by atoms with van der Waals surface area (Å²) in [4.78, 5) is 15.4. The molecule has 1 aromatic rings. The molecule has 0 aromatic carbocycles. The smallest absolute Gasteiger partial charge is 0.358 e. The van der Waals surface area contributed by atoms with Crippen LogP contribution in [0.5, 0.6) is 0 Å². The van der Waals surface area contributed by atoms with Crippen LogP contribution in [0.1, 0.15) is 36.7 Å². The lowest BCUT2D eigenvalue weighted by molar-refractivity contribution is 0.0520. The highest BCUT2D eigenvalue weighted by Crippen LogP contribution is 2.27. The van der Waals surface area contributed by atoms with Gasteiger partial charge in [0, 0.05) is 12.7 Å². The zero-order valence-electron chi connectivity index (χ0n) is 8.98. The van der Waals surface area contributed by atoms with Crippen molar-refractivity contribution in [2.75, 3.05) is 6.61 Å². The van der Waals surface area contributed by atoms with Gasteiger partial charge >= 0.3 is 5.97 Å². The molecule has 1 saturated carbocycles. The molecule has 82 valence electrons. The predicted molar refractivity (Wildman–Crippen MR) is 55.5 cm³/mol. The number of rotatable bonds is 4. The molecule has 15 heavy (non-hydrogen) atoms. The highest BCUT2D eigenvalue weighted by atomic mass is 16.5. The van der Waals surface area contributed by atoms with Gasteiger partial charge in [-0.2, -0.15) is 0 Å². The van der Waals surface area contributed by atoms with Crippen molar-refractivity contribution < 1.29 is 9.53 Å². The summed E-state index contributed by atoms with van der Waals surface area (Å²) in [5.41, 5.74) is 0.413. The Balaban J connectivity index is 1.93. The van der Waals surface area contributed by atoms with Crippen LogP contribution >= 0.6 is 0 Å². The second kappa shape index (κ2) is 4.47. The standard InChI is InChI=1S/C11H16N2O2/c1-2-15-11(14)10-7-13(8-12-10)6-9-4-3-5-9/h7-9H,2-6H2,1H3. The van der Waals surface area contributed by atoms with Crippen LogP contribution in [0.25, 0.3) is 0 Å². The van der Waals surface area contributed by atoms with E-state index in [1.165, 1.54) is 19.3 Å². The number of esters is 1. The fourth-order valence-electron chi connectivity index (χ4n) is 1.74. The van der Waals surface area contributed by atoms with Gasteiger partial charge in [-0.3, -0.25) is 0 Å². The van der Waals surface area contributed by atoms with E-state index in [9.17, 15) is 4.79 Å². The van der Waals surface area contributed by atoms with Gasteiger partial charge in [-0.15, -0.1) is 0 Å². The number of hydrogen-bond donors (Lipinski definition) is 0. The van der Waals surface area contributed by atoms with E-state index in [4.69, 9.17) is 4.74 Å². The average molecular weight is 208 g/mol. The minimum atomic E-state index is -0.329. The first-order valence-corrected chi connectivity index (χ1v) is 5.48. The third-order valence-corrected chi connectivity index (χ3v) is 2.81. The Bertz CT molecular complexity index is 342. The van der Waals surface area contributed by atoms with Crippen molar-refractivity contribution in [3.05, 3.63) is 18.2 Å². The molecule has 0 amide bonds. The molecule has 1 aliphatic rings. The van der Waals surface area contributed by atoms with Crippen molar-refractivity contribution in [2.45, 2.75) is 32.7 Å². The summed E-state index contributed by atoms with van der Waals surface area (Å²) in [6.07, 6.45) is 7.42. The van der Waals surface area contributed by atoms with E-state index < -0.39 is 0 Å². The third kappa shape index (κ3) is 2.37. The van der Waals surface area contributed by atoms with E-state index in [-0.39, 0.29) is 5.97 Å². The van der Waals surface area contributed by atoms with Crippen LogP contribution in [-0.2, 0) is 11.3 Å². The molecule has 4 heteroatoms. The largest absolute Gasteiger partial charge is 0.461 e. The van der Waals surface area contributed by atoms with Crippen LogP contribution in [0.3, 0.4) is 0 Å². The van der Waals surface area contributed by atoms with Crippen molar-refractivity contribution in [3.63, 3.8) is 0 Å². The maximum atomic E-state index is 11.3. The van der Waals surface area contributed by atoms with Crippen molar-refractivity contribution in [1.29, 1.82) is 0 Å². The van der Waals surface area contributed by atoms with Crippen molar-refractivity contribution in [3.8, 4) is 0 Å². The molecular weight excluding hydrogens is 192 g/mol. The molecule has 1 fully saturated rings. The minimum absolute atomic E-state index is 0.329. The Kier molecular flexibility index (Phi) is 3.04. The molecule has 0 saturated heterocycles. The number of carbonyl (C=O) groups is 1. The lowest BCUT2D eigenvalue weighted by Crippen LogP contribution is -2.17. The minimum Gasteiger partial charge on any atom is -0.461 e. The topological polar surface area (TPSA) is 44.1 Å². The molecule has 0 aliphatic heterocycles. The molecule has 1 aliphatic carbocycles. The summed E-state index contributed by atoms with van der Waals surface area (Å²) in [7, 11) is 0. The average Bonchev–Trinajstić information content (AvgIpc) is 2.60. The van der Waals surface area contributed by atoms with Gasteiger partial charge in [0.15, 0.2) is 5.69 Å². The SMILES string of the molecule is CCOC(=O)c1cn(CC2CCC2)cn1. The van der Waals surface area contributed by atoms with Crippen molar-refractivity contribution >= 4 is 5.97 Å². The first-order chi connectivity index (χ1) is 7.29. The zero-order chi connectivity index (χ0) is 10.7. The van der Waals surface area contributed by atoms with E-state index in [0.717, 1.165) is 12.5 Å². The number of aromatic nitrogens is 2. The summed E-state index contributed by atoms with van der Waals surface area (Å²) in [6, 6.07) is 0. The van der Waals surface area contributed by atoms with Crippen LogP contribution in [0.4, 0.5) is 0 Å². The Hall–Kier alpha value is -1.32. The number of hydrogen-bond acceptors (Lipinski definition) is 3. The van der Waals surface area contributed by atoms with E-state index in [0.29, 0.717) is 12.3 Å². The number of nitrogens with zero attached hydrogens (tertiary/aromatic N) is 2. The summed E-state index contributed by atoms with van der Waals surface area (Å²) >= 11 is 0. The molecule has 2 rings (SSSR count). The Morgan fingerprint density at radius 2 is 2.47 bits per heavy atom. The van der Waals surface area contributed by atoms with Crippen LogP contribution in [0.15, 0.2) is 12.5 Å². The van der Waals surface area contributed by atoms with Crippen LogP contribution < -0.4 is 0 Å². The lowest BCUT2D eigenvalue weighted by Gasteiger charge is -2.25. The predicted octanol–water partition coefficient (Wildman–Crippen LogP) is 1.86. The zero-order valence-corrected chi connectivity index (χ0v) is 8.98. The molecule has 0 bridgehead atoms. The van der Waals surface area contributed by atoms with E-state index >= 15 is 0 Å². The van der Waals surface area contributed by atoms with Gasteiger partial charge in [0.1, 0.15) is 0 Å². The van der Waals surface area contributed by atoms with Gasteiger partial charge < -0.3 is 9.30 Å². The molecule has 0 radical (unpaired) electrons. The Labute approximate surface area is 89.3 Å². The molecular formula is C11H16N2O2. The van der Waals surface area contributed by atoms with Gasteiger partial charge in [0.2, 0.25) is 0 Å². The van der Waals surface area contributed by atoms with E-state index in [1.54, 1.807) is 19.4 Å². The maximum absolute atomic E-state index is 11.3. The van der Waals surface area contributed by atoms with Gasteiger partial charge in [-0.05, 0) is 25.7 Å². The first kappa shape index (κ1) is 10.2. The molecule has 0 spiro atoms. The van der Waals surface area contributed by atoms with E-state index in [2.05, 4.69) is 4.98 Å². The summed E-state index contributed by atoms with van der Waals surface area (Å²) in [5, 5.41) is 0. The third-order valence-electron chi connectivity index (χ3n) is 2.81. The number of ether oxygens (including phenoxy) is 1. The monoisotopic (exact) mass is 208 g/mol. The highest BCUT2D eigenvalue weighted by Gasteiger charge is 2.18. The molecule has 4 nitrogen and oxygen atoms in total. The highest BCUT2D eigenvalue weighted by molar-refractivity contribution is 5.86. The molecule has 0 N–H and O–H groups in total. The summed E-state index contributed by atoms with van der Waals surface area (Å²) in [5.74, 6) is 0.444. The maximum Gasteiger partial charge on any atom is 0.358 e. The fourth-order valence-corrected chi connectivity index (χ4v) is 1.74. The van der Waals surface area contributed by atoms with Crippen molar-refractivity contribution in [1.82, 2.24) is 9.55 Å². The number of imidazole rings is 1. The summed E-state index contributed by atoms with van der Waals surface area (Å²) < 4.78 is 6.85.